The molecule has 1 atom stereocenters. The number of alkyl halides is 1. The van der Waals surface area contributed by atoms with Gasteiger partial charge in [0.05, 0.1) is 11.0 Å². The normalized spacial score (nSPS) is 18.2. The van der Waals surface area contributed by atoms with Gasteiger partial charge in [-0.2, -0.15) is 0 Å². The van der Waals surface area contributed by atoms with E-state index in [0.29, 0.717) is 4.83 Å². The van der Waals surface area contributed by atoms with E-state index >= 15 is 0 Å². The second-order valence-corrected chi connectivity index (χ2v) is 5.11. The molecule has 2 aromatic rings. The van der Waals surface area contributed by atoms with Crippen LogP contribution in [-0.4, -0.2) is 9.97 Å². The molecule has 0 aliphatic heterocycles. The summed E-state index contributed by atoms with van der Waals surface area (Å²) >= 11 is 3.70. The van der Waals surface area contributed by atoms with Gasteiger partial charge in [0, 0.05) is 4.83 Å². The Bertz CT molecular complexity index is 553. The molecule has 2 N–H and O–H groups in total. The number of benzene rings is 1. The van der Waals surface area contributed by atoms with Gasteiger partial charge in [-0.05, 0) is 36.5 Å². The van der Waals surface area contributed by atoms with Crippen LogP contribution in [0, 0.1) is 5.92 Å². The van der Waals surface area contributed by atoms with Crippen LogP contribution in [-0.2, 0) is 0 Å². The molecule has 1 heterocycles. The van der Waals surface area contributed by atoms with Gasteiger partial charge < -0.3 is 9.97 Å². The predicted octanol–water partition coefficient (Wildman–Crippen LogP) is 2.70. The molecule has 0 radical (unpaired) electrons. The van der Waals surface area contributed by atoms with Gasteiger partial charge in [-0.3, -0.25) is 0 Å². The quantitative estimate of drug-likeness (QED) is 0.807. The van der Waals surface area contributed by atoms with E-state index in [1.807, 2.05) is 12.1 Å². The fraction of sp³-hybridized carbons (Fsp3) is 0.364. The van der Waals surface area contributed by atoms with Crippen LogP contribution in [0.5, 0.6) is 0 Å². The molecule has 1 fully saturated rings. The number of aromatic amines is 2. The van der Waals surface area contributed by atoms with Gasteiger partial charge in [-0.25, -0.2) is 4.79 Å². The van der Waals surface area contributed by atoms with Crippen LogP contribution in [0.1, 0.15) is 23.2 Å². The molecule has 0 bridgehead atoms. The standard InChI is InChI=1S/C11H11BrN2O/c12-10(6-1-2-6)7-3-4-8-9(5-7)14-11(15)13-8/h3-6,10H,1-2H2,(H2,13,14,15). The van der Waals surface area contributed by atoms with E-state index in [-0.39, 0.29) is 5.69 Å². The molecule has 0 amide bonds. The lowest BCUT2D eigenvalue weighted by atomic mass is 10.1. The SMILES string of the molecule is O=c1[nH]c2ccc(C(Br)C3CC3)cc2[nH]1. The van der Waals surface area contributed by atoms with Crippen LogP contribution < -0.4 is 5.69 Å². The predicted molar refractivity (Wildman–Crippen MR) is 63.3 cm³/mol. The summed E-state index contributed by atoms with van der Waals surface area (Å²) in [5.41, 5.74) is 2.88. The van der Waals surface area contributed by atoms with E-state index in [0.717, 1.165) is 17.0 Å². The summed E-state index contributed by atoms with van der Waals surface area (Å²) < 4.78 is 0. The number of halogens is 1. The second kappa shape index (κ2) is 3.23. The average Bonchev–Trinajstić information content (AvgIpc) is 2.98. The lowest BCUT2D eigenvalue weighted by Crippen LogP contribution is -1.99. The van der Waals surface area contributed by atoms with Crippen molar-refractivity contribution in [3.63, 3.8) is 0 Å². The molecule has 78 valence electrons. The highest BCUT2D eigenvalue weighted by atomic mass is 79.9. The van der Waals surface area contributed by atoms with Crippen LogP contribution in [0.3, 0.4) is 0 Å². The molecule has 1 aromatic carbocycles. The maximum absolute atomic E-state index is 11.1. The van der Waals surface area contributed by atoms with Crippen LogP contribution in [0.4, 0.5) is 0 Å². The van der Waals surface area contributed by atoms with Crippen molar-refractivity contribution in [3.8, 4) is 0 Å². The first-order valence-corrected chi connectivity index (χ1v) is 6.01. The number of imidazole rings is 1. The maximum Gasteiger partial charge on any atom is 0.323 e. The van der Waals surface area contributed by atoms with Crippen LogP contribution >= 0.6 is 15.9 Å². The lowest BCUT2D eigenvalue weighted by molar-refractivity contribution is 0.824. The van der Waals surface area contributed by atoms with Crippen LogP contribution in [0.15, 0.2) is 23.0 Å². The van der Waals surface area contributed by atoms with Crippen LogP contribution in [0.2, 0.25) is 0 Å². The molecule has 3 nitrogen and oxygen atoms in total. The fourth-order valence-electron chi connectivity index (χ4n) is 1.88. The molecule has 0 spiro atoms. The van der Waals surface area contributed by atoms with Gasteiger partial charge in [0.2, 0.25) is 0 Å². The number of aromatic nitrogens is 2. The van der Waals surface area contributed by atoms with Crippen molar-refractivity contribution in [1.82, 2.24) is 9.97 Å². The van der Waals surface area contributed by atoms with Crippen molar-refractivity contribution >= 4 is 27.0 Å². The minimum Gasteiger partial charge on any atom is -0.306 e. The monoisotopic (exact) mass is 266 g/mol. The number of hydrogen-bond donors (Lipinski definition) is 2. The zero-order chi connectivity index (χ0) is 10.4. The zero-order valence-electron chi connectivity index (χ0n) is 8.09. The summed E-state index contributed by atoms with van der Waals surface area (Å²) in [7, 11) is 0. The molecule has 1 saturated carbocycles. The van der Waals surface area contributed by atoms with Crippen molar-refractivity contribution < 1.29 is 0 Å². The van der Waals surface area contributed by atoms with Gasteiger partial charge >= 0.3 is 5.69 Å². The van der Waals surface area contributed by atoms with E-state index in [2.05, 4.69) is 32.0 Å². The third kappa shape index (κ3) is 1.63. The minimum absolute atomic E-state index is 0.139. The summed E-state index contributed by atoms with van der Waals surface area (Å²) in [4.78, 5) is 17.0. The Balaban J connectivity index is 2.08. The average molecular weight is 267 g/mol. The number of nitrogens with one attached hydrogen (secondary N) is 2. The Morgan fingerprint density at radius 1 is 1.27 bits per heavy atom. The first-order chi connectivity index (χ1) is 7.24. The number of fused-ring (bicyclic) bond motifs is 1. The first kappa shape index (κ1) is 9.21. The highest BCUT2D eigenvalue weighted by Crippen LogP contribution is 2.46. The molecular formula is C11H11BrN2O. The summed E-state index contributed by atoms with van der Waals surface area (Å²) in [6, 6.07) is 6.08. The number of hydrogen-bond acceptors (Lipinski definition) is 1. The Kier molecular flexibility index (Phi) is 1.99. The summed E-state index contributed by atoms with van der Waals surface area (Å²) in [5, 5.41) is 0. The maximum atomic E-state index is 11.1. The van der Waals surface area contributed by atoms with E-state index in [1.165, 1.54) is 18.4 Å². The van der Waals surface area contributed by atoms with Gasteiger partial charge in [0.25, 0.3) is 0 Å². The van der Waals surface area contributed by atoms with Gasteiger partial charge in [0.1, 0.15) is 0 Å². The van der Waals surface area contributed by atoms with Crippen molar-refractivity contribution in [1.29, 1.82) is 0 Å². The molecule has 15 heavy (non-hydrogen) atoms. The van der Waals surface area contributed by atoms with Gasteiger partial charge in [-0.1, -0.05) is 22.0 Å². The Hall–Kier alpha value is -1.03. The Labute approximate surface area is 95.0 Å². The molecule has 3 rings (SSSR count). The molecule has 0 saturated heterocycles. The summed E-state index contributed by atoms with van der Waals surface area (Å²) in [6.07, 6.45) is 2.61. The third-order valence-corrected chi connectivity index (χ3v) is 4.17. The lowest BCUT2D eigenvalue weighted by Gasteiger charge is -2.07. The summed E-state index contributed by atoms with van der Waals surface area (Å²) in [5.74, 6) is 0.771. The Morgan fingerprint density at radius 3 is 2.73 bits per heavy atom. The number of H-pyrrole nitrogens is 2. The van der Waals surface area contributed by atoms with Crippen LogP contribution in [0.25, 0.3) is 11.0 Å². The smallest absolute Gasteiger partial charge is 0.306 e. The molecule has 1 unspecified atom stereocenters. The summed E-state index contributed by atoms with van der Waals surface area (Å²) in [6.45, 7) is 0. The second-order valence-electron chi connectivity index (χ2n) is 4.12. The highest BCUT2D eigenvalue weighted by Gasteiger charge is 2.30. The zero-order valence-corrected chi connectivity index (χ0v) is 9.67. The van der Waals surface area contributed by atoms with Crippen molar-refractivity contribution in [3.05, 3.63) is 34.2 Å². The van der Waals surface area contributed by atoms with E-state index < -0.39 is 0 Å². The number of rotatable bonds is 2. The molecular weight excluding hydrogens is 256 g/mol. The fourth-order valence-corrected chi connectivity index (χ4v) is 2.70. The highest BCUT2D eigenvalue weighted by molar-refractivity contribution is 9.09. The van der Waals surface area contributed by atoms with Crippen molar-refractivity contribution in [2.45, 2.75) is 17.7 Å². The molecule has 4 heteroatoms. The van der Waals surface area contributed by atoms with E-state index in [1.54, 1.807) is 0 Å². The molecule has 1 aliphatic carbocycles. The largest absolute Gasteiger partial charge is 0.323 e. The van der Waals surface area contributed by atoms with E-state index in [4.69, 9.17) is 0 Å². The molecule has 1 aromatic heterocycles. The van der Waals surface area contributed by atoms with E-state index in [9.17, 15) is 4.79 Å². The molecule has 1 aliphatic rings. The third-order valence-electron chi connectivity index (χ3n) is 2.89. The first-order valence-electron chi connectivity index (χ1n) is 5.10. The van der Waals surface area contributed by atoms with Gasteiger partial charge in [0.15, 0.2) is 0 Å². The van der Waals surface area contributed by atoms with Crippen molar-refractivity contribution in [2.24, 2.45) is 5.92 Å². The van der Waals surface area contributed by atoms with Crippen molar-refractivity contribution in [2.75, 3.05) is 0 Å². The Morgan fingerprint density at radius 2 is 2.00 bits per heavy atom. The minimum atomic E-state index is -0.139. The topological polar surface area (TPSA) is 48.6 Å². The van der Waals surface area contributed by atoms with Gasteiger partial charge in [-0.15, -0.1) is 0 Å².